The first-order valence-corrected chi connectivity index (χ1v) is 7.86. The molecule has 19 heavy (non-hydrogen) atoms. The van der Waals surface area contributed by atoms with Gasteiger partial charge in [-0.25, -0.2) is 4.98 Å². The maximum atomic E-state index is 10.6. The van der Waals surface area contributed by atoms with Gasteiger partial charge in [0.1, 0.15) is 5.82 Å². The van der Waals surface area contributed by atoms with Crippen molar-refractivity contribution in [2.24, 2.45) is 5.92 Å². The second-order valence-electron chi connectivity index (χ2n) is 6.95. The van der Waals surface area contributed by atoms with Crippen molar-refractivity contribution in [3.8, 4) is 0 Å². The summed E-state index contributed by atoms with van der Waals surface area (Å²) in [4.78, 5) is 4.50. The van der Waals surface area contributed by atoms with E-state index in [1.54, 1.807) is 0 Å². The van der Waals surface area contributed by atoms with Crippen LogP contribution in [0.4, 0.5) is 5.13 Å². The molecule has 2 atom stereocenters. The Morgan fingerprint density at radius 3 is 2.79 bits per heavy atom. The molecule has 1 aliphatic rings. The second-order valence-corrected chi connectivity index (χ2v) is 7.70. The highest BCUT2D eigenvalue weighted by molar-refractivity contribution is 7.09. The van der Waals surface area contributed by atoms with E-state index in [9.17, 15) is 5.11 Å². The average molecular weight is 283 g/mol. The zero-order valence-electron chi connectivity index (χ0n) is 12.4. The number of rotatable bonds is 3. The molecule has 0 spiro atoms. The number of aromatic nitrogens is 2. The van der Waals surface area contributed by atoms with Crippen LogP contribution in [0.5, 0.6) is 0 Å². The van der Waals surface area contributed by atoms with Gasteiger partial charge in [0.05, 0.1) is 5.60 Å². The van der Waals surface area contributed by atoms with Crippen LogP contribution in [0, 0.1) is 5.92 Å². The van der Waals surface area contributed by atoms with Crippen LogP contribution in [0.1, 0.15) is 59.2 Å². The Bertz CT molecular complexity index is 427. The second kappa shape index (κ2) is 5.37. The number of nitrogens with zero attached hydrogens (tertiary/aromatic N) is 2. The molecule has 1 saturated carbocycles. The van der Waals surface area contributed by atoms with Crippen LogP contribution in [0.2, 0.25) is 0 Å². The molecule has 4 nitrogen and oxygen atoms in total. The Morgan fingerprint density at radius 1 is 1.47 bits per heavy atom. The van der Waals surface area contributed by atoms with Crippen molar-refractivity contribution < 1.29 is 5.11 Å². The Hall–Kier alpha value is -0.680. The van der Waals surface area contributed by atoms with E-state index in [4.69, 9.17) is 0 Å². The van der Waals surface area contributed by atoms with Gasteiger partial charge in [-0.15, -0.1) is 0 Å². The lowest BCUT2D eigenvalue weighted by molar-refractivity contribution is -0.000766. The third kappa shape index (κ3) is 3.89. The predicted molar refractivity (Wildman–Crippen MR) is 79.7 cm³/mol. The van der Waals surface area contributed by atoms with Crippen LogP contribution < -0.4 is 5.32 Å². The van der Waals surface area contributed by atoms with Crippen molar-refractivity contribution in [1.29, 1.82) is 0 Å². The summed E-state index contributed by atoms with van der Waals surface area (Å²) in [6, 6.07) is 0. The van der Waals surface area contributed by atoms with E-state index in [0.29, 0.717) is 12.5 Å². The summed E-state index contributed by atoms with van der Waals surface area (Å²) >= 11 is 1.38. The lowest BCUT2D eigenvalue weighted by Gasteiger charge is -2.35. The molecule has 0 bridgehead atoms. The fourth-order valence-electron chi connectivity index (χ4n) is 2.63. The third-order valence-corrected chi connectivity index (χ3v) is 4.41. The first-order valence-electron chi connectivity index (χ1n) is 7.09. The zero-order chi connectivity index (χ0) is 14.1. The topological polar surface area (TPSA) is 58.0 Å². The molecule has 108 valence electrons. The van der Waals surface area contributed by atoms with Crippen molar-refractivity contribution in [2.45, 2.75) is 64.4 Å². The Morgan fingerprint density at radius 2 is 2.21 bits per heavy atom. The van der Waals surface area contributed by atoms with Gasteiger partial charge in [0, 0.05) is 23.5 Å². The lowest BCUT2D eigenvalue weighted by Crippen LogP contribution is -2.41. The summed E-state index contributed by atoms with van der Waals surface area (Å²) in [5, 5.41) is 14.6. The van der Waals surface area contributed by atoms with Gasteiger partial charge in [0.25, 0.3) is 0 Å². The molecule has 1 aliphatic carbocycles. The lowest BCUT2D eigenvalue weighted by atomic mass is 9.79. The van der Waals surface area contributed by atoms with Gasteiger partial charge in [0.15, 0.2) is 0 Å². The van der Waals surface area contributed by atoms with Crippen LogP contribution in [0.25, 0.3) is 0 Å². The number of hydrogen-bond acceptors (Lipinski definition) is 5. The van der Waals surface area contributed by atoms with Crippen molar-refractivity contribution in [3.05, 3.63) is 5.82 Å². The van der Waals surface area contributed by atoms with Gasteiger partial charge in [-0.3, -0.25) is 0 Å². The van der Waals surface area contributed by atoms with E-state index in [1.807, 2.05) is 0 Å². The summed E-state index contributed by atoms with van der Waals surface area (Å²) in [7, 11) is 0. The molecule has 5 heteroatoms. The number of nitrogens with one attached hydrogen (secondary N) is 1. The van der Waals surface area contributed by atoms with E-state index < -0.39 is 5.60 Å². The number of anilines is 1. The average Bonchev–Trinajstić information content (AvgIpc) is 2.74. The summed E-state index contributed by atoms with van der Waals surface area (Å²) in [5.74, 6) is 1.48. The monoisotopic (exact) mass is 283 g/mol. The summed E-state index contributed by atoms with van der Waals surface area (Å²) < 4.78 is 4.38. The van der Waals surface area contributed by atoms with Crippen LogP contribution in [0.3, 0.4) is 0 Å². The maximum Gasteiger partial charge on any atom is 0.202 e. The van der Waals surface area contributed by atoms with Gasteiger partial charge in [0.2, 0.25) is 5.13 Å². The molecule has 1 fully saturated rings. The summed E-state index contributed by atoms with van der Waals surface area (Å²) in [6.07, 6.45) is 4.11. The van der Waals surface area contributed by atoms with E-state index >= 15 is 0 Å². The Balaban J connectivity index is 1.93. The van der Waals surface area contributed by atoms with E-state index in [2.05, 4.69) is 42.4 Å². The highest BCUT2D eigenvalue weighted by atomic mass is 32.1. The van der Waals surface area contributed by atoms with E-state index in [-0.39, 0.29) is 5.41 Å². The molecule has 0 amide bonds. The van der Waals surface area contributed by atoms with Gasteiger partial charge in [-0.2, -0.15) is 4.37 Å². The molecule has 1 aromatic rings. The SMILES string of the molecule is CC1CCCC(O)(CNc2nc(C(C)(C)C)ns2)C1. The highest BCUT2D eigenvalue weighted by Gasteiger charge is 2.32. The van der Waals surface area contributed by atoms with E-state index in [1.165, 1.54) is 18.0 Å². The first kappa shape index (κ1) is 14.7. The van der Waals surface area contributed by atoms with Gasteiger partial charge in [-0.05, 0) is 18.8 Å². The normalized spacial score (nSPS) is 28.4. The summed E-state index contributed by atoms with van der Waals surface area (Å²) in [5.41, 5.74) is -0.599. The van der Waals surface area contributed by atoms with Crippen LogP contribution in [-0.2, 0) is 5.41 Å². The van der Waals surface area contributed by atoms with Crippen LogP contribution >= 0.6 is 11.5 Å². The minimum Gasteiger partial charge on any atom is -0.388 e. The third-order valence-electron chi connectivity index (χ3n) is 3.73. The van der Waals surface area contributed by atoms with Crippen molar-refractivity contribution in [1.82, 2.24) is 9.36 Å². The number of hydrogen-bond donors (Lipinski definition) is 2. The van der Waals surface area contributed by atoms with Crippen molar-refractivity contribution in [3.63, 3.8) is 0 Å². The molecule has 2 N–H and O–H groups in total. The molecular formula is C14H25N3OS. The molecule has 0 aromatic carbocycles. The van der Waals surface area contributed by atoms with Crippen molar-refractivity contribution >= 4 is 16.7 Å². The highest BCUT2D eigenvalue weighted by Crippen LogP contribution is 2.32. The maximum absolute atomic E-state index is 10.6. The molecule has 2 unspecified atom stereocenters. The predicted octanol–water partition coefficient (Wildman–Crippen LogP) is 3.19. The zero-order valence-corrected chi connectivity index (χ0v) is 13.2. The molecule has 0 saturated heterocycles. The Labute approximate surface area is 119 Å². The Kier molecular flexibility index (Phi) is 4.16. The fraction of sp³-hybridized carbons (Fsp3) is 0.857. The smallest absolute Gasteiger partial charge is 0.202 e. The van der Waals surface area contributed by atoms with Crippen LogP contribution in [-0.4, -0.2) is 26.6 Å². The standard InChI is InChI=1S/C14H25N3OS/c1-10-6-5-7-14(18,8-10)9-15-12-16-11(17-19-12)13(2,3)4/h10,18H,5-9H2,1-4H3,(H,15,16,17). The van der Waals surface area contributed by atoms with Gasteiger partial charge in [-0.1, -0.05) is 40.5 Å². The minimum absolute atomic E-state index is 0.0211. The molecule has 0 aliphatic heterocycles. The quantitative estimate of drug-likeness (QED) is 0.894. The van der Waals surface area contributed by atoms with Gasteiger partial charge < -0.3 is 10.4 Å². The molecule has 1 heterocycles. The molecule has 2 rings (SSSR count). The number of aliphatic hydroxyl groups is 1. The summed E-state index contributed by atoms with van der Waals surface area (Å²) in [6.45, 7) is 9.11. The molecular weight excluding hydrogens is 258 g/mol. The van der Waals surface area contributed by atoms with Gasteiger partial charge >= 0.3 is 0 Å². The molecule has 0 radical (unpaired) electrons. The van der Waals surface area contributed by atoms with E-state index in [0.717, 1.165) is 30.2 Å². The largest absolute Gasteiger partial charge is 0.388 e. The first-order chi connectivity index (χ1) is 8.78. The minimum atomic E-state index is -0.578. The van der Waals surface area contributed by atoms with Crippen molar-refractivity contribution in [2.75, 3.05) is 11.9 Å². The van der Waals surface area contributed by atoms with Crippen LogP contribution in [0.15, 0.2) is 0 Å². The molecule has 1 aromatic heterocycles. The fourth-order valence-corrected chi connectivity index (χ4v) is 3.38.